The normalized spacial score (nSPS) is 10.1. The first-order chi connectivity index (χ1) is 14.9. The third kappa shape index (κ3) is 7.94. The highest BCUT2D eigenvalue weighted by Crippen LogP contribution is 2.23. The van der Waals surface area contributed by atoms with Gasteiger partial charge in [0.05, 0.1) is 28.5 Å². The second kappa shape index (κ2) is 12.6. The summed E-state index contributed by atoms with van der Waals surface area (Å²) in [6.45, 7) is 0.308. The predicted octanol–water partition coefficient (Wildman–Crippen LogP) is 2.86. The Kier molecular flexibility index (Phi) is 9.84. The van der Waals surface area contributed by atoms with Crippen LogP contribution in [0.4, 0.5) is 5.69 Å². The van der Waals surface area contributed by atoms with Gasteiger partial charge in [-0.3, -0.25) is 9.59 Å². The van der Waals surface area contributed by atoms with Crippen molar-refractivity contribution < 1.29 is 23.9 Å². The highest BCUT2D eigenvalue weighted by molar-refractivity contribution is 8.00. The molecule has 0 aliphatic carbocycles. The number of carbonyl (C=O) groups is 3. The number of ether oxygens (including phenoxy) is 2. The number of carbonyl (C=O) groups excluding carboxylic acids is 3. The molecule has 0 bridgehead atoms. The molecule has 0 heterocycles. The number of nitriles is 1. The summed E-state index contributed by atoms with van der Waals surface area (Å²) in [4.78, 5) is 36.9. The van der Waals surface area contributed by atoms with Gasteiger partial charge < -0.3 is 20.1 Å². The lowest BCUT2D eigenvalue weighted by Gasteiger charge is -2.10. The minimum Gasteiger partial charge on any atom is -0.452 e. The topological polar surface area (TPSA) is 118 Å². The molecule has 31 heavy (non-hydrogen) atoms. The molecule has 10 heteroatoms. The quantitative estimate of drug-likeness (QED) is 0.317. The molecule has 162 valence electrons. The summed E-state index contributed by atoms with van der Waals surface area (Å²) in [5.74, 6) is -1.31. The predicted molar refractivity (Wildman–Crippen MR) is 117 cm³/mol. The molecule has 0 aromatic heterocycles. The van der Waals surface area contributed by atoms with Gasteiger partial charge in [0.25, 0.3) is 5.91 Å². The maximum Gasteiger partial charge on any atom is 0.339 e. The highest BCUT2D eigenvalue weighted by Gasteiger charge is 2.16. The van der Waals surface area contributed by atoms with E-state index in [9.17, 15) is 14.4 Å². The number of hydrogen-bond acceptors (Lipinski definition) is 7. The third-order valence-corrected chi connectivity index (χ3v) is 5.19. The standard InChI is InChI=1S/C21H20ClN3O5S/c1-29-9-8-24-20(27)13-31-18-5-3-2-4-16(18)21(28)30-12-19(26)25-15-7-6-14(11-23)17(22)10-15/h2-7,10H,8-9,12-13H2,1H3,(H,24,27)(H,25,26). The number of amides is 2. The Balaban J connectivity index is 1.89. The number of thioether (sulfide) groups is 1. The van der Waals surface area contributed by atoms with Crippen LogP contribution in [0.25, 0.3) is 0 Å². The summed E-state index contributed by atoms with van der Waals surface area (Å²) < 4.78 is 9.97. The number of halogens is 1. The summed E-state index contributed by atoms with van der Waals surface area (Å²) in [6.07, 6.45) is 0. The zero-order chi connectivity index (χ0) is 22.6. The van der Waals surface area contributed by atoms with Gasteiger partial charge in [0.15, 0.2) is 6.61 Å². The number of esters is 1. The van der Waals surface area contributed by atoms with Crippen LogP contribution in [0.3, 0.4) is 0 Å². The van der Waals surface area contributed by atoms with E-state index < -0.39 is 18.5 Å². The van der Waals surface area contributed by atoms with Crippen LogP contribution in [0.1, 0.15) is 15.9 Å². The van der Waals surface area contributed by atoms with Crippen molar-refractivity contribution in [2.75, 3.05) is 37.9 Å². The molecule has 0 atom stereocenters. The molecule has 0 saturated heterocycles. The number of anilines is 1. The Morgan fingerprint density at radius 2 is 1.94 bits per heavy atom. The molecule has 8 nitrogen and oxygen atoms in total. The summed E-state index contributed by atoms with van der Waals surface area (Å²) >= 11 is 7.12. The lowest BCUT2D eigenvalue weighted by molar-refractivity contribution is -0.119. The van der Waals surface area contributed by atoms with Crippen LogP contribution >= 0.6 is 23.4 Å². The zero-order valence-corrected chi connectivity index (χ0v) is 18.2. The van der Waals surface area contributed by atoms with E-state index in [1.54, 1.807) is 31.4 Å². The molecule has 2 amide bonds. The van der Waals surface area contributed by atoms with E-state index in [4.69, 9.17) is 26.3 Å². The second-order valence-corrected chi connectivity index (χ2v) is 7.48. The number of hydrogen-bond donors (Lipinski definition) is 2. The van der Waals surface area contributed by atoms with Gasteiger partial charge in [-0.15, -0.1) is 11.8 Å². The van der Waals surface area contributed by atoms with Crippen LogP contribution < -0.4 is 10.6 Å². The molecule has 0 spiro atoms. The Morgan fingerprint density at radius 1 is 1.16 bits per heavy atom. The van der Waals surface area contributed by atoms with E-state index in [1.807, 2.05) is 6.07 Å². The first kappa shape index (κ1) is 24.2. The largest absolute Gasteiger partial charge is 0.452 e. The van der Waals surface area contributed by atoms with Gasteiger partial charge in [-0.2, -0.15) is 5.26 Å². The average Bonchev–Trinajstić information content (AvgIpc) is 2.76. The molecule has 2 aromatic carbocycles. The molecule has 2 N–H and O–H groups in total. The fraction of sp³-hybridized carbons (Fsp3) is 0.238. The molecule has 2 rings (SSSR count). The Labute approximate surface area is 188 Å². The van der Waals surface area contributed by atoms with Crippen molar-refractivity contribution in [2.45, 2.75) is 4.90 Å². The van der Waals surface area contributed by atoms with Crippen LogP contribution in [0, 0.1) is 11.3 Å². The van der Waals surface area contributed by atoms with Crippen molar-refractivity contribution in [1.82, 2.24) is 5.32 Å². The van der Waals surface area contributed by atoms with Gasteiger partial charge in [-0.05, 0) is 30.3 Å². The van der Waals surface area contributed by atoms with E-state index in [0.717, 1.165) is 0 Å². The lowest BCUT2D eigenvalue weighted by atomic mass is 10.2. The molecule has 0 aliphatic heterocycles. The Bertz CT molecular complexity index is 993. The van der Waals surface area contributed by atoms with Crippen molar-refractivity contribution in [3.05, 3.63) is 58.6 Å². The monoisotopic (exact) mass is 461 g/mol. The van der Waals surface area contributed by atoms with Gasteiger partial charge in [0.2, 0.25) is 5.91 Å². The number of rotatable bonds is 10. The lowest BCUT2D eigenvalue weighted by Crippen LogP contribution is -2.28. The van der Waals surface area contributed by atoms with E-state index in [1.165, 1.54) is 30.0 Å². The van der Waals surface area contributed by atoms with E-state index in [-0.39, 0.29) is 27.8 Å². The van der Waals surface area contributed by atoms with E-state index in [0.29, 0.717) is 23.7 Å². The van der Waals surface area contributed by atoms with Gasteiger partial charge in [0, 0.05) is 24.2 Å². The summed E-state index contributed by atoms with van der Waals surface area (Å²) in [7, 11) is 1.54. The van der Waals surface area contributed by atoms with Crippen LogP contribution in [0.5, 0.6) is 0 Å². The van der Waals surface area contributed by atoms with E-state index in [2.05, 4.69) is 10.6 Å². The number of nitrogens with one attached hydrogen (secondary N) is 2. The number of nitrogens with zero attached hydrogens (tertiary/aromatic N) is 1. The van der Waals surface area contributed by atoms with Crippen molar-refractivity contribution in [3.8, 4) is 6.07 Å². The first-order valence-corrected chi connectivity index (χ1v) is 10.4. The van der Waals surface area contributed by atoms with Crippen LogP contribution in [0.15, 0.2) is 47.4 Å². The zero-order valence-electron chi connectivity index (χ0n) is 16.6. The van der Waals surface area contributed by atoms with Crippen molar-refractivity contribution in [1.29, 1.82) is 5.26 Å². The molecule has 0 aliphatic rings. The minimum atomic E-state index is -0.684. The second-order valence-electron chi connectivity index (χ2n) is 6.06. The molecule has 0 unspecified atom stereocenters. The highest BCUT2D eigenvalue weighted by atomic mass is 35.5. The van der Waals surface area contributed by atoms with Crippen LogP contribution in [-0.2, 0) is 19.1 Å². The first-order valence-electron chi connectivity index (χ1n) is 9.08. The van der Waals surface area contributed by atoms with Crippen LogP contribution in [0.2, 0.25) is 5.02 Å². The van der Waals surface area contributed by atoms with Gasteiger partial charge in [-0.25, -0.2) is 4.79 Å². The summed E-state index contributed by atoms with van der Waals surface area (Å²) in [5, 5.41) is 14.3. The number of benzene rings is 2. The summed E-state index contributed by atoms with van der Waals surface area (Å²) in [6, 6.07) is 13.0. The SMILES string of the molecule is COCCNC(=O)CSc1ccccc1C(=O)OCC(=O)Nc1ccc(C#N)c(Cl)c1. The maximum atomic E-state index is 12.4. The molecular formula is C21H20ClN3O5S. The minimum absolute atomic E-state index is 0.119. The van der Waals surface area contributed by atoms with Crippen molar-refractivity contribution in [3.63, 3.8) is 0 Å². The fourth-order valence-corrected chi connectivity index (χ4v) is 3.43. The number of methoxy groups -OCH3 is 1. The molecular weight excluding hydrogens is 442 g/mol. The fourth-order valence-electron chi connectivity index (χ4n) is 2.34. The third-order valence-electron chi connectivity index (χ3n) is 3.80. The summed E-state index contributed by atoms with van der Waals surface area (Å²) in [5.41, 5.74) is 0.916. The van der Waals surface area contributed by atoms with Crippen molar-refractivity contribution in [2.24, 2.45) is 0 Å². The molecule has 0 fully saturated rings. The Hall–Kier alpha value is -3.06. The smallest absolute Gasteiger partial charge is 0.339 e. The molecule has 0 saturated carbocycles. The molecule has 2 aromatic rings. The Morgan fingerprint density at radius 3 is 2.65 bits per heavy atom. The van der Waals surface area contributed by atoms with Gasteiger partial charge in [0.1, 0.15) is 6.07 Å². The van der Waals surface area contributed by atoms with Gasteiger partial charge >= 0.3 is 5.97 Å². The average molecular weight is 462 g/mol. The van der Waals surface area contributed by atoms with Gasteiger partial charge in [-0.1, -0.05) is 23.7 Å². The maximum absolute atomic E-state index is 12.4. The van der Waals surface area contributed by atoms with Crippen molar-refractivity contribution >= 4 is 46.8 Å². The van der Waals surface area contributed by atoms with E-state index >= 15 is 0 Å². The van der Waals surface area contributed by atoms with Crippen LogP contribution in [-0.4, -0.2) is 50.4 Å². The molecule has 0 radical (unpaired) electrons.